The van der Waals surface area contributed by atoms with Gasteiger partial charge in [-0.25, -0.2) is 4.98 Å². The maximum Gasteiger partial charge on any atom is 0.249 e. The van der Waals surface area contributed by atoms with E-state index in [0.717, 1.165) is 49.8 Å². The molecule has 1 aliphatic heterocycles. The second-order valence-corrected chi connectivity index (χ2v) is 7.13. The molecule has 3 N–H and O–H groups in total. The third-order valence-corrected chi connectivity index (χ3v) is 5.39. The summed E-state index contributed by atoms with van der Waals surface area (Å²) in [4.78, 5) is 11.1. The Bertz CT molecular complexity index is 949. The van der Waals surface area contributed by atoms with Crippen molar-refractivity contribution in [1.82, 2.24) is 19.7 Å². The van der Waals surface area contributed by atoms with E-state index in [9.17, 15) is 0 Å². The minimum Gasteiger partial charge on any atom is -0.494 e. The number of aryl methyl sites for hydroxylation is 1. The number of nitrogens with two attached hydrogens (primary N) is 1. The highest BCUT2D eigenvalue weighted by atomic mass is 32.1. The molecule has 1 aromatic carbocycles. The van der Waals surface area contributed by atoms with Crippen molar-refractivity contribution in [2.75, 3.05) is 49.4 Å². The van der Waals surface area contributed by atoms with Gasteiger partial charge in [0.15, 0.2) is 0 Å². The van der Waals surface area contributed by atoms with E-state index < -0.39 is 0 Å². The molecule has 10 heteroatoms. The molecule has 3 heterocycles. The molecule has 0 atom stereocenters. The summed E-state index contributed by atoms with van der Waals surface area (Å²) in [6.07, 6.45) is 0.864. The second-order valence-electron chi connectivity index (χ2n) is 6.29. The number of rotatable bonds is 6. The van der Waals surface area contributed by atoms with Gasteiger partial charge in [0.2, 0.25) is 17.0 Å². The number of hydrogen-bond donors (Lipinski definition) is 2. The van der Waals surface area contributed by atoms with Gasteiger partial charge in [-0.05, 0) is 18.6 Å². The SMILES string of the molecule is CCc1csc(-n2nc(Nc3ccc(N4CCOCC4)cc3OC)nc2N)n1. The first-order valence-electron chi connectivity index (χ1n) is 9.13. The van der Waals surface area contributed by atoms with Crippen molar-refractivity contribution in [2.45, 2.75) is 13.3 Å². The summed E-state index contributed by atoms with van der Waals surface area (Å²) >= 11 is 1.49. The number of nitrogens with one attached hydrogen (secondary N) is 1. The number of anilines is 4. The van der Waals surface area contributed by atoms with E-state index in [1.807, 2.05) is 23.6 Å². The first-order valence-corrected chi connectivity index (χ1v) is 10.0. The predicted molar refractivity (Wildman–Crippen MR) is 110 cm³/mol. The van der Waals surface area contributed by atoms with Crippen molar-refractivity contribution >= 4 is 34.6 Å². The molecule has 0 saturated carbocycles. The van der Waals surface area contributed by atoms with Crippen molar-refractivity contribution in [1.29, 1.82) is 0 Å². The predicted octanol–water partition coefficient (Wildman–Crippen LogP) is 2.46. The lowest BCUT2D eigenvalue weighted by Gasteiger charge is -2.29. The number of nitrogen functional groups attached to an aromatic ring is 1. The Kier molecular flexibility index (Phi) is 5.31. The summed E-state index contributed by atoms with van der Waals surface area (Å²) in [5, 5.41) is 10.3. The normalized spacial score (nSPS) is 14.3. The quantitative estimate of drug-likeness (QED) is 0.649. The zero-order chi connectivity index (χ0) is 19.5. The maximum atomic E-state index is 6.04. The van der Waals surface area contributed by atoms with Crippen LogP contribution in [0.15, 0.2) is 23.6 Å². The van der Waals surface area contributed by atoms with Crippen LogP contribution in [0.1, 0.15) is 12.6 Å². The number of benzene rings is 1. The van der Waals surface area contributed by atoms with Crippen LogP contribution in [-0.2, 0) is 11.2 Å². The lowest BCUT2D eigenvalue weighted by Crippen LogP contribution is -2.36. The van der Waals surface area contributed by atoms with E-state index in [-0.39, 0.29) is 5.95 Å². The molecule has 0 unspecified atom stereocenters. The lowest BCUT2D eigenvalue weighted by atomic mass is 10.2. The number of aromatic nitrogens is 4. The fourth-order valence-corrected chi connectivity index (χ4v) is 3.86. The Hall–Kier alpha value is -2.85. The number of morpholine rings is 1. The topological polar surface area (TPSA) is 103 Å². The first-order chi connectivity index (χ1) is 13.7. The standard InChI is InChI=1S/C18H23N7O2S/c1-3-12-11-28-18(20-12)25-16(19)22-17(23-25)21-14-5-4-13(10-15(14)26-2)24-6-8-27-9-7-24/h4-5,10-11H,3,6-9H2,1-2H3,(H3,19,21,22,23). The van der Waals surface area contributed by atoms with Crippen molar-refractivity contribution in [2.24, 2.45) is 0 Å². The zero-order valence-corrected chi connectivity index (χ0v) is 16.7. The van der Waals surface area contributed by atoms with Gasteiger partial charge >= 0.3 is 0 Å². The van der Waals surface area contributed by atoms with Crippen LogP contribution in [0.4, 0.5) is 23.3 Å². The summed E-state index contributed by atoms with van der Waals surface area (Å²) < 4.78 is 12.5. The Morgan fingerprint density at radius 1 is 1.29 bits per heavy atom. The van der Waals surface area contributed by atoms with E-state index in [1.54, 1.807) is 11.8 Å². The highest BCUT2D eigenvalue weighted by Crippen LogP contribution is 2.32. The molecule has 1 aliphatic rings. The van der Waals surface area contributed by atoms with Crippen LogP contribution >= 0.6 is 11.3 Å². The number of thiazole rings is 1. The monoisotopic (exact) mass is 401 g/mol. The molecule has 0 amide bonds. The van der Waals surface area contributed by atoms with Crippen LogP contribution in [0.2, 0.25) is 0 Å². The summed E-state index contributed by atoms with van der Waals surface area (Å²) in [6.45, 7) is 5.26. The van der Waals surface area contributed by atoms with Gasteiger partial charge in [0, 0.05) is 30.2 Å². The lowest BCUT2D eigenvalue weighted by molar-refractivity contribution is 0.122. The van der Waals surface area contributed by atoms with E-state index in [0.29, 0.717) is 16.8 Å². The minimum absolute atomic E-state index is 0.281. The van der Waals surface area contributed by atoms with Crippen LogP contribution in [0, 0.1) is 0 Å². The fourth-order valence-electron chi connectivity index (χ4n) is 3.00. The Balaban J connectivity index is 1.56. The molecule has 9 nitrogen and oxygen atoms in total. The van der Waals surface area contributed by atoms with Gasteiger partial charge in [-0.3, -0.25) is 0 Å². The van der Waals surface area contributed by atoms with Crippen molar-refractivity contribution in [3.05, 3.63) is 29.3 Å². The molecule has 0 aliphatic carbocycles. The van der Waals surface area contributed by atoms with Crippen LogP contribution in [0.5, 0.6) is 5.75 Å². The summed E-state index contributed by atoms with van der Waals surface area (Å²) in [6, 6.07) is 6.01. The molecule has 1 fully saturated rings. The second kappa shape index (κ2) is 8.03. The van der Waals surface area contributed by atoms with E-state index in [1.165, 1.54) is 11.3 Å². The Morgan fingerprint density at radius 3 is 2.82 bits per heavy atom. The van der Waals surface area contributed by atoms with Gasteiger partial charge in [-0.2, -0.15) is 9.67 Å². The molecule has 148 valence electrons. The molecule has 0 radical (unpaired) electrons. The molecule has 3 aromatic rings. The van der Waals surface area contributed by atoms with Gasteiger partial charge in [-0.1, -0.05) is 6.92 Å². The Labute approximate surface area is 167 Å². The molecule has 0 bridgehead atoms. The summed E-state index contributed by atoms with van der Waals surface area (Å²) in [5.74, 6) is 1.38. The molecule has 2 aromatic heterocycles. The van der Waals surface area contributed by atoms with Gasteiger partial charge < -0.3 is 25.4 Å². The summed E-state index contributed by atoms with van der Waals surface area (Å²) in [7, 11) is 1.64. The number of hydrogen-bond acceptors (Lipinski definition) is 9. The highest BCUT2D eigenvalue weighted by molar-refractivity contribution is 7.12. The molecule has 1 saturated heterocycles. The van der Waals surface area contributed by atoms with Crippen LogP contribution in [0.3, 0.4) is 0 Å². The largest absolute Gasteiger partial charge is 0.494 e. The third kappa shape index (κ3) is 3.73. The van der Waals surface area contributed by atoms with Gasteiger partial charge in [-0.15, -0.1) is 16.4 Å². The third-order valence-electron chi connectivity index (χ3n) is 4.52. The maximum absolute atomic E-state index is 6.04. The average molecular weight is 401 g/mol. The molecular formula is C18H23N7O2S. The van der Waals surface area contributed by atoms with E-state index in [2.05, 4.69) is 32.2 Å². The highest BCUT2D eigenvalue weighted by Gasteiger charge is 2.16. The number of ether oxygens (including phenoxy) is 2. The van der Waals surface area contributed by atoms with Crippen molar-refractivity contribution in [3.8, 4) is 10.9 Å². The van der Waals surface area contributed by atoms with Gasteiger partial charge in [0.1, 0.15) is 5.75 Å². The minimum atomic E-state index is 0.281. The molecular weight excluding hydrogens is 378 g/mol. The molecule has 4 rings (SSSR count). The number of methoxy groups -OCH3 is 1. The van der Waals surface area contributed by atoms with Crippen LogP contribution in [0.25, 0.3) is 5.13 Å². The number of nitrogens with zero attached hydrogens (tertiary/aromatic N) is 5. The molecule has 0 spiro atoms. The van der Waals surface area contributed by atoms with Crippen LogP contribution in [-0.4, -0.2) is 53.2 Å². The smallest absolute Gasteiger partial charge is 0.249 e. The van der Waals surface area contributed by atoms with E-state index >= 15 is 0 Å². The fraction of sp³-hybridized carbons (Fsp3) is 0.389. The average Bonchev–Trinajstić information content (AvgIpc) is 3.35. The zero-order valence-electron chi connectivity index (χ0n) is 15.9. The summed E-state index contributed by atoms with van der Waals surface area (Å²) in [5.41, 5.74) is 8.91. The van der Waals surface area contributed by atoms with Crippen LogP contribution < -0.4 is 20.7 Å². The van der Waals surface area contributed by atoms with E-state index in [4.69, 9.17) is 15.2 Å². The van der Waals surface area contributed by atoms with Crippen molar-refractivity contribution < 1.29 is 9.47 Å². The van der Waals surface area contributed by atoms with Gasteiger partial charge in [0.25, 0.3) is 0 Å². The van der Waals surface area contributed by atoms with Gasteiger partial charge in [0.05, 0.1) is 31.7 Å². The molecule has 28 heavy (non-hydrogen) atoms. The Morgan fingerprint density at radius 2 is 2.11 bits per heavy atom. The first kappa shape index (κ1) is 18.5. The van der Waals surface area contributed by atoms with Crippen molar-refractivity contribution in [3.63, 3.8) is 0 Å².